The summed E-state index contributed by atoms with van der Waals surface area (Å²) in [6.07, 6.45) is 3.49. The van der Waals surface area contributed by atoms with Crippen LogP contribution in [-0.4, -0.2) is 85.9 Å². The zero-order valence-electron chi connectivity index (χ0n) is 17.1. The van der Waals surface area contributed by atoms with Gasteiger partial charge in [0.25, 0.3) is 5.91 Å². The highest BCUT2D eigenvalue weighted by atomic mass is 32.2. The van der Waals surface area contributed by atoms with Crippen LogP contribution in [0.1, 0.15) is 15.9 Å². The molecule has 0 spiro atoms. The van der Waals surface area contributed by atoms with E-state index in [2.05, 4.69) is 9.88 Å². The van der Waals surface area contributed by atoms with Crippen LogP contribution in [0.15, 0.2) is 47.6 Å². The molecule has 4 rings (SSSR count). The van der Waals surface area contributed by atoms with Crippen LogP contribution >= 0.6 is 0 Å². The van der Waals surface area contributed by atoms with Crippen molar-refractivity contribution in [3.63, 3.8) is 0 Å². The van der Waals surface area contributed by atoms with Crippen LogP contribution in [0, 0.1) is 5.82 Å². The zero-order chi connectivity index (χ0) is 21.8. The predicted molar refractivity (Wildman–Crippen MR) is 111 cm³/mol. The lowest BCUT2D eigenvalue weighted by molar-refractivity contribution is 0.0623. The lowest BCUT2D eigenvalue weighted by Crippen LogP contribution is -2.48. The number of carbonyl (C=O) groups excluding carboxylic acids is 1. The molecule has 166 valence electrons. The molecule has 2 aliphatic rings. The van der Waals surface area contributed by atoms with Gasteiger partial charge in [-0.05, 0) is 35.9 Å². The summed E-state index contributed by atoms with van der Waals surface area (Å²) in [5.74, 6) is -1.20. The van der Waals surface area contributed by atoms with Gasteiger partial charge < -0.3 is 9.64 Å². The summed E-state index contributed by atoms with van der Waals surface area (Å²) in [7, 11) is -3.81. The van der Waals surface area contributed by atoms with Crippen molar-refractivity contribution < 1.29 is 22.3 Å². The number of aromatic nitrogens is 1. The lowest BCUT2D eigenvalue weighted by Gasteiger charge is -2.35. The van der Waals surface area contributed by atoms with Crippen molar-refractivity contribution in [1.82, 2.24) is 19.1 Å². The van der Waals surface area contributed by atoms with Gasteiger partial charge in [-0.25, -0.2) is 12.8 Å². The molecule has 1 aromatic heterocycles. The summed E-state index contributed by atoms with van der Waals surface area (Å²) in [6, 6.07) is 7.33. The van der Waals surface area contributed by atoms with E-state index >= 15 is 0 Å². The normalized spacial score (nSPS) is 18.8. The molecule has 0 radical (unpaired) electrons. The van der Waals surface area contributed by atoms with E-state index in [0.717, 1.165) is 24.2 Å². The van der Waals surface area contributed by atoms with Gasteiger partial charge in [0.15, 0.2) is 0 Å². The van der Waals surface area contributed by atoms with Crippen molar-refractivity contribution in [2.24, 2.45) is 0 Å². The first-order valence-electron chi connectivity index (χ1n) is 10.2. The average Bonchev–Trinajstić information content (AvgIpc) is 2.80. The molecule has 0 aliphatic carbocycles. The van der Waals surface area contributed by atoms with Crippen LogP contribution in [-0.2, 0) is 21.3 Å². The van der Waals surface area contributed by atoms with Crippen molar-refractivity contribution in [3.8, 4) is 0 Å². The van der Waals surface area contributed by atoms with E-state index < -0.39 is 21.7 Å². The van der Waals surface area contributed by atoms with Crippen LogP contribution in [0.3, 0.4) is 0 Å². The van der Waals surface area contributed by atoms with E-state index in [1.54, 1.807) is 17.3 Å². The van der Waals surface area contributed by atoms with Gasteiger partial charge in [-0.3, -0.25) is 14.7 Å². The maximum Gasteiger partial charge on any atom is 0.256 e. The number of hydrogen-bond acceptors (Lipinski definition) is 6. The fraction of sp³-hybridized carbons (Fsp3) is 0.429. The van der Waals surface area contributed by atoms with Crippen LogP contribution in [0.4, 0.5) is 4.39 Å². The second-order valence-electron chi connectivity index (χ2n) is 7.58. The molecule has 31 heavy (non-hydrogen) atoms. The smallest absolute Gasteiger partial charge is 0.256 e. The van der Waals surface area contributed by atoms with E-state index in [9.17, 15) is 17.6 Å². The van der Waals surface area contributed by atoms with E-state index in [1.807, 2.05) is 12.1 Å². The molecule has 8 nitrogen and oxygen atoms in total. The summed E-state index contributed by atoms with van der Waals surface area (Å²) < 4.78 is 46.7. The van der Waals surface area contributed by atoms with E-state index in [-0.39, 0.29) is 23.5 Å². The maximum atomic E-state index is 14.5. The molecule has 10 heteroatoms. The minimum Gasteiger partial charge on any atom is -0.379 e. The van der Waals surface area contributed by atoms with Gasteiger partial charge in [0.2, 0.25) is 10.0 Å². The number of ether oxygens (including phenoxy) is 1. The number of morpholine rings is 1. The molecule has 2 fully saturated rings. The van der Waals surface area contributed by atoms with Gasteiger partial charge in [-0.15, -0.1) is 0 Å². The standard InChI is InChI=1S/C21H25FN4O4S/c22-20-2-1-18(31(28,29)26-11-13-30-14-12-26)15-19(20)21(27)25-9-7-24(8-10-25)16-17-3-5-23-6-4-17/h1-6,15H,7-14,16H2. The third-order valence-corrected chi connectivity index (χ3v) is 7.49. The van der Waals surface area contributed by atoms with E-state index in [1.165, 1.54) is 10.4 Å². The molecule has 3 heterocycles. The van der Waals surface area contributed by atoms with E-state index in [4.69, 9.17) is 4.74 Å². The van der Waals surface area contributed by atoms with Gasteiger partial charge in [-0.1, -0.05) is 0 Å². The minimum absolute atomic E-state index is 0.0736. The lowest BCUT2D eigenvalue weighted by atomic mass is 10.1. The first-order chi connectivity index (χ1) is 14.9. The molecular weight excluding hydrogens is 423 g/mol. The number of rotatable bonds is 5. The summed E-state index contributed by atoms with van der Waals surface area (Å²) >= 11 is 0. The second-order valence-corrected chi connectivity index (χ2v) is 9.52. The average molecular weight is 449 g/mol. The first kappa shape index (κ1) is 21.8. The molecule has 0 N–H and O–H groups in total. The molecule has 0 unspecified atom stereocenters. The van der Waals surface area contributed by atoms with Crippen LogP contribution in [0.2, 0.25) is 0 Å². The van der Waals surface area contributed by atoms with Crippen molar-refractivity contribution in [2.75, 3.05) is 52.5 Å². The minimum atomic E-state index is -3.81. The Hall–Kier alpha value is -2.40. The number of hydrogen-bond donors (Lipinski definition) is 0. The van der Waals surface area contributed by atoms with Crippen molar-refractivity contribution >= 4 is 15.9 Å². The Labute approximate surface area is 181 Å². The quantitative estimate of drug-likeness (QED) is 0.684. The first-order valence-corrected chi connectivity index (χ1v) is 11.7. The Bertz CT molecular complexity index is 1020. The fourth-order valence-electron chi connectivity index (χ4n) is 3.79. The summed E-state index contributed by atoms with van der Waals surface area (Å²) in [5.41, 5.74) is 0.929. The third kappa shape index (κ3) is 4.93. The number of amides is 1. The number of benzene rings is 1. The highest BCUT2D eigenvalue weighted by Gasteiger charge is 2.29. The summed E-state index contributed by atoms with van der Waals surface area (Å²) in [4.78, 5) is 20.7. The SMILES string of the molecule is O=C(c1cc(S(=O)(=O)N2CCOCC2)ccc1F)N1CCN(Cc2ccncc2)CC1. The summed E-state index contributed by atoms with van der Waals surface area (Å²) in [6.45, 7) is 4.07. The number of sulfonamides is 1. The third-order valence-electron chi connectivity index (χ3n) is 5.59. The molecule has 0 bridgehead atoms. The van der Waals surface area contributed by atoms with Crippen molar-refractivity contribution in [2.45, 2.75) is 11.4 Å². The molecule has 0 saturated carbocycles. The molecule has 1 amide bonds. The second kappa shape index (κ2) is 9.39. The Morgan fingerprint density at radius 3 is 2.35 bits per heavy atom. The predicted octanol–water partition coefficient (Wildman–Crippen LogP) is 1.20. The highest BCUT2D eigenvalue weighted by Crippen LogP contribution is 2.22. The number of piperazine rings is 1. The monoisotopic (exact) mass is 448 g/mol. The molecule has 2 aliphatic heterocycles. The number of halogens is 1. The largest absolute Gasteiger partial charge is 0.379 e. The fourth-order valence-corrected chi connectivity index (χ4v) is 5.23. The van der Waals surface area contributed by atoms with Gasteiger partial charge in [-0.2, -0.15) is 4.31 Å². The molecule has 2 saturated heterocycles. The zero-order valence-corrected chi connectivity index (χ0v) is 17.9. The number of nitrogens with zero attached hydrogens (tertiary/aromatic N) is 4. The molecule has 0 atom stereocenters. The molecule has 1 aromatic carbocycles. The topological polar surface area (TPSA) is 83.0 Å². The maximum absolute atomic E-state index is 14.5. The summed E-state index contributed by atoms with van der Waals surface area (Å²) in [5, 5.41) is 0. The Balaban J connectivity index is 1.44. The van der Waals surface area contributed by atoms with Crippen LogP contribution in [0.5, 0.6) is 0 Å². The van der Waals surface area contributed by atoms with Gasteiger partial charge in [0.05, 0.1) is 23.7 Å². The van der Waals surface area contributed by atoms with Gasteiger partial charge in [0.1, 0.15) is 5.82 Å². The number of carbonyl (C=O) groups is 1. The van der Waals surface area contributed by atoms with Crippen molar-refractivity contribution in [3.05, 3.63) is 59.7 Å². The van der Waals surface area contributed by atoms with Crippen LogP contribution < -0.4 is 0 Å². The Morgan fingerprint density at radius 1 is 1.00 bits per heavy atom. The molecule has 2 aromatic rings. The number of pyridine rings is 1. The Kier molecular flexibility index (Phi) is 6.61. The van der Waals surface area contributed by atoms with Crippen LogP contribution in [0.25, 0.3) is 0 Å². The van der Waals surface area contributed by atoms with Gasteiger partial charge in [0, 0.05) is 58.2 Å². The van der Waals surface area contributed by atoms with Crippen molar-refractivity contribution in [1.29, 1.82) is 0 Å². The van der Waals surface area contributed by atoms with Gasteiger partial charge >= 0.3 is 0 Å². The highest BCUT2D eigenvalue weighted by molar-refractivity contribution is 7.89. The Morgan fingerprint density at radius 2 is 1.68 bits per heavy atom. The molecular formula is C21H25FN4O4S. The van der Waals surface area contributed by atoms with E-state index in [0.29, 0.717) is 39.4 Å².